The number of aryl methyl sites for hydroxylation is 1. The summed E-state index contributed by atoms with van der Waals surface area (Å²) in [6.45, 7) is 4.97. The number of esters is 1. The summed E-state index contributed by atoms with van der Waals surface area (Å²) < 4.78 is 34.1. The molecule has 4 rings (SSSR count). The Balaban J connectivity index is 0.00000529. The van der Waals surface area contributed by atoms with Gasteiger partial charge in [-0.3, -0.25) is 15.0 Å². The predicted molar refractivity (Wildman–Crippen MR) is 174 cm³/mol. The standard InChI is InChI=1S/C30H41N7O5S.ClH/c1-5-42-27(38)19-43(40,41)35(3)20-30(2,29(39)37-15-7-6-8-16-37)22-11-14-25-24(17-22)34-26(36(25)4)18-33-23-12-9-21(10-13-23)28(31)32;/h9-14,17,33H,5-8,15-16,18-20H2,1-4H3,(H3,31,32);1H. The molecule has 2 heterocycles. The predicted octanol–water partition coefficient (Wildman–Crippen LogP) is 2.99. The molecule has 0 bridgehead atoms. The number of fused-ring (bicyclic) bond motifs is 1. The van der Waals surface area contributed by atoms with Gasteiger partial charge < -0.3 is 25.3 Å². The number of halogens is 1. The van der Waals surface area contributed by atoms with E-state index in [4.69, 9.17) is 20.9 Å². The van der Waals surface area contributed by atoms with Crippen LogP contribution in [0.2, 0.25) is 0 Å². The number of ether oxygens (including phenoxy) is 1. The van der Waals surface area contributed by atoms with Crippen LogP contribution in [-0.2, 0) is 43.4 Å². The number of hydrogen-bond donors (Lipinski definition) is 3. The minimum atomic E-state index is -4.03. The lowest BCUT2D eigenvalue weighted by Gasteiger charge is -2.38. The van der Waals surface area contributed by atoms with E-state index in [0.717, 1.165) is 40.6 Å². The number of likely N-dealkylation sites (N-methyl/N-ethyl adjacent to an activating group) is 1. The molecule has 1 saturated heterocycles. The van der Waals surface area contributed by atoms with Crippen molar-refractivity contribution in [3.05, 3.63) is 59.4 Å². The van der Waals surface area contributed by atoms with E-state index < -0.39 is 27.2 Å². The third-order valence-corrected chi connectivity index (χ3v) is 9.67. The zero-order valence-corrected chi connectivity index (χ0v) is 27.3. The van der Waals surface area contributed by atoms with E-state index in [1.54, 1.807) is 26.0 Å². The van der Waals surface area contributed by atoms with Crippen LogP contribution in [0.15, 0.2) is 42.5 Å². The highest BCUT2D eigenvalue weighted by Crippen LogP contribution is 2.32. The maximum absolute atomic E-state index is 14.1. The second-order valence-electron chi connectivity index (χ2n) is 11.1. The highest BCUT2D eigenvalue weighted by Gasteiger charge is 2.42. The van der Waals surface area contributed by atoms with Crippen molar-refractivity contribution in [3.63, 3.8) is 0 Å². The molecule has 1 amide bonds. The minimum absolute atomic E-state index is 0. The molecular weight excluding hydrogens is 606 g/mol. The second-order valence-corrected chi connectivity index (χ2v) is 13.2. The summed E-state index contributed by atoms with van der Waals surface area (Å²) in [7, 11) is -0.726. The van der Waals surface area contributed by atoms with Gasteiger partial charge in [-0.25, -0.2) is 17.7 Å². The van der Waals surface area contributed by atoms with Crippen molar-refractivity contribution in [1.29, 1.82) is 5.41 Å². The topological polar surface area (TPSA) is 164 Å². The third-order valence-electron chi connectivity index (χ3n) is 7.99. The van der Waals surface area contributed by atoms with Crippen LogP contribution in [0.3, 0.4) is 0 Å². The van der Waals surface area contributed by atoms with Crippen LogP contribution in [0.5, 0.6) is 0 Å². The van der Waals surface area contributed by atoms with E-state index in [9.17, 15) is 18.0 Å². The molecule has 1 aliphatic heterocycles. The average Bonchev–Trinajstić information content (AvgIpc) is 3.30. The molecule has 0 aliphatic carbocycles. The number of aromatic nitrogens is 2. The molecule has 44 heavy (non-hydrogen) atoms. The van der Waals surface area contributed by atoms with E-state index in [1.807, 2.05) is 46.8 Å². The number of sulfonamides is 1. The fourth-order valence-corrected chi connectivity index (χ4v) is 6.49. The van der Waals surface area contributed by atoms with E-state index in [1.165, 1.54) is 7.05 Å². The molecule has 1 unspecified atom stereocenters. The van der Waals surface area contributed by atoms with Crippen molar-refractivity contribution in [2.75, 3.05) is 44.4 Å². The molecule has 1 aliphatic rings. The number of hydrogen-bond acceptors (Lipinski definition) is 8. The molecule has 0 radical (unpaired) electrons. The maximum Gasteiger partial charge on any atom is 0.322 e. The number of likely N-dealkylation sites (tertiary alicyclic amines) is 1. The quantitative estimate of drug-likeness (QED) is 0.153. The van der Waals surface area contributed by atoms with Gasteiger partial charge in [0.25, 0.3) is 0 Å². The van der Waals surface area contributed by atoms with Gasteiger partial charge in [0.1, 0.15) is 11.7 Å². The van der Waals surface area contributed by atoms with E-state index >= 15 is 0 Å². The molecule has 12 nitrogen and oxygen atoms in total. The largest absolute Gasteiger partial charge is 0.465 e. The van der Waals surface area contributed by atoms with Gasteiger partial charge in [-0.05, 0) is 75.1 Å². The van der Waals surface area contributed by atoms with Gasteiger partial charge in [0, 0.05) is 45.0 Å². The molecule has 1 fully saturated rings. The molecule has 2 aromatic carbocycles. The first-order chi connectivity index (χ1) is 20.4. The van der Waals surface area contributed by atoms with Gasteiger partial charge in [-0.2, -0.15) is 0 Å². The monoisotopic (exact) mass is 647 g/mol. The number of rotatable bonds is 12. The Labute approximate surface area is 264 Å². The summed E-state index contributed by atoms with van der Waals surface area (Å²) in [5, 5.41) is 10.9. The number of amidine groups is 1. The van der Waals surface area contributed by atoms with E-state index in [-0.39, 0.29) is 37.3 Å². The molecule has 1 atom stereocenters. The Morgan fingerprint density at radius 3 is 2.41 bits per heavy atom. The highest BCUT2D eigenvalue weighted by atomic mass is 35.5. The Hall–Kier alpha value is -3.68. The van der Waals surface area contributed by atoms with Crippen molar-refractivity contribution < 1.29 is 22.7 Å². The van der Waals surface area contributed by atoms with Crippen LogP contribution in [0.1, 0.15) is 50.1 Å². The number of imidazole rings is 1. The number of carbonyl (C=O) groups excluding carboxylic acids is 2. The number of amides is 1. The van der Waals surface area contributed by atoms with Crippen molar-refractivity contribution in [3.8, 4) is 0 Å². The first-order valence-electron chi connectivity index (χ1n) is 14.4. The summed E-state index contributed by atoms with van der Waals surface area (Å²) in [6, 6.07) is 12.9. The number of nitrogen functional groups attached to an aromatic ring is 1. The number of anilines is 1. The fraction of sp³-hybridized carbons (Fsp3) is 0.467. The van der Waals surface area contributed by atoms with Crippen LogP contribution in [0.25, 0.3) is 11.0 Å². The maximum atomic E-state index is 14.1. The highest BCUT2D eigenvalue weighted by molar-refractivity contribution is 7.89. The summed E-state index contributed by atoms with van der Waals surface area (Å²) in [6.07, 6.45) is 2.84. The van der Waals surface area contributed by atoms with Gasteiger partial charge in [0.2, 0.25) is 15.9 Å². The number of piperidine rings is 1. The zero-order chi connectivity index (χ0) is 31.4. The van der Waals surface area contributed by atoms with Gasteiger partial charge in [-0.1, -0.05) is 6.07 Å². The van der Waals surface area contributed by atoms with Crippen molar-refractivity contribution in [2.45, 2.75) is 45.1 Å². The van der Waals surface area contributed by atoms with Crippen LogP contribution < -0.4 is 11.1 Å². The van der Waals surface area contributed by atoms with Crippen LogP contribution in [0.4, 0.5) is 5.69 Å². The average molecular weight is 648 g/mol. The molecule has 240 valence electrons. The number of nitrogens with one attached hydrogen (secondary N) is 2. The van der Waals surface area contributed by atoms with Crippen LogP contribution in [-0.4, -0.2) is 83.9 Å². The van der Waals surface area contributed by atoms with Crippen LogP contribution in [0, 0.1) is 5.41 Å². The second kappa shape index (κ2) is 14.4. The summed E-state index contributed by atoms with van der Waals surface area (Å²) >= 11 is 0. The number of carbonyl (C=O) groups is 2. The van der Waals surface area contributed by atoms with E-state index in [0.29, 0.717) is 36.3 Å². The zero-order valence-electron chi connectivity index (χ0n) is 25.6. The molecule has 3 aromatic rings. The Kier molecular flexibility index (Phi) is 11.4. The molecule has 4 N–H and O–H groups in total. The summed E-state index contributed by atoms with van der Waals surface area (Å²) in [5.74, 6) is -1.01. The van der Waals surface area contributed by atoms with Crippen LogP contribution >= 0.6 is 12.4 Å². The van der Waals surface area contributed by atoms with Gasteiger partial charge in [-0.15, -0.1) is 12.4 Å². The van der Waals surface area contributed by atoms with Crippen molar-refractivity contribution in [1.82, 2.24) is 18.8 Å². The lowest BCUT2D eigenvalue weighted by atomic mass is 9.80. The normalized spacial score (nSPS) is 15.0. The molecule has 0 spiro atoms. The number of nitrogens with two attached hydrogens (primary N) is 1. The summed E-state index contributed by atoms with van der Waals surface area (Å²) in [5.41, 5.74) is 8.00. The smallest absolute Gasteiger partial charge is 0.322 e. The lowest BCUT2D eigenvalue weighted by molar-refractivity contribution is -0.140. The van der Waals surface area contributed by atoms with E-state index in [2.05, 4.69) is 5.32 Å². The molecular formula is C30H42ClN7O5S. The molecule has 1 aromatic heterocycles. The number of benzene rings is 2. The first kappa shape index (κ1) is 34.8. The summed E-state index contributed by atoms with van der Waals surface area (Å²) in [4.78, 5) is 32.8. The SMILES string of the molecule is CCOC(=O)CS(=O)(=O)N(C)CC(C)(C(=O)N1CCCCC1)c1ccc2c(c1)nc(CNc1ccc(C(=N)N)cc1)n2C.Cl. The van der Waals surface area contributed by atoms with Crippen molar-refractivity contribution in [2.24, 2.45) is 12.8 Å². The molecule has 14 heteroatoms. The third kappa shape index (κ3) is 7.69. The Bertz CT molecular complexity index is 1600. The van der Waals surface area contributed by atoms with Gasteiger partial charge in [0.05, 0.1) is 29.6 Å². The van der Waals surface area contributed by atoms with Gasteiger partial charge >= 0.3 is 5.97 Å². The fourth-order valence-electron chi connectivity index (χ4n) is 5.43. The lowest BCUT2D eigenvalue weighted by Crippen LogP contribution is -2.53. The minimum Gasteiger partial charge on any atom is -0.465 e. The Morgan fingerprint density at radius 1 is 1.14 bits per heavy atom. The van der Waals surface area contributed by atoms with Crippen molar-refractivity contribution >= 4 is 56.9 Å². The Morgan fingerprint density at radius 2 is 1.80 bits per heavy atom. The van der Waals surface area contributed by atoms with Gasteiger partial charge in [0.15, 0.2) is 5.75 Å². The number of nitrogens with zero attached hydrogens (tertiary/aromatic N) is 4. The first-order valence-corrected chi connectivity index (χ1v) is 16.0. The molecule has 0 saturated carbocycles.